The number of carbonyl (C=O) groups excluding carboxylic acids is 5. The number of aliphatic carboxylic acids is 1. The van der Waals surface area contributed by atoms with Crippen molar-refractivity contribution in [3.63, 3.8) is 0 Å². The Labute approximate surface area is 303 Å². The Morgan fingerprint density at radius 3 is 2.02 bits per heavy atom. The minimum Gasteiger partial charge on any atom is -0.480 e. The Bertz CT molecular complexity index is 1260. The predicted molar refractivity (Wildman–Crippen MR) is 192 cm³/mol. The molecule has 0 bridgehead atoms. The van der Waals surface area contributed by atoms with E-state index in [1.54, 1.807) is 30.3 Å². The van der Waals surface area contributed by atoms with Crippen LogP contribution in [0, 0.1) is 0 Å². The molecule has 0 aliphatic carbocycles. The molecule has 0 aliphatic rings. The van der Waals surface area contributed by atoms with Crippen molar-refractivity contribution >= 4 is 35.5 Å². The molecule has 0 radical (unpaired) electrons. The number of hydrogen-bond donors (Lipinski definition) is 12. The second kappa shape index (κ2) is 25.9. The highest BCUT2D eigenvalue weighted by Crippen LogP contribution is 2.20. The van der Waals surface area contributed by atoms with Gasteiger partial charge in [-0.1, -0.05) is 30.3 Å². The molecule has 294 valence electrons. The number of nitrogens with zero attached hydrogens (tertiary/aromatic N) is 1. The number of hydrogen-bond acceptors (Lipinski definition) is 15. The van der Waals surface area contributed by atoms with Gasteiger partial charge < -0.3 is 59.9 Å². The molecule has 0 saturated carbocycles. The number of aliphatic hydroxyl groups excluding tert-OH is 2. The summed E-state index contributed by atoms with van der Waals surface area (Å²) < 4.78 is 0. The predicted octanol–water partition coefficient (Wildman–Crippen LogP) is -4.15. The summed E-state index contributed by atoms with van der Waals surface area (Å²) in [5.74, 6) is -6.78. The van der Waals surface area contributed by atoms with Crippen LogP contribution in [0.5, 0.6) is 0 Å². The topological polar surface area (TPSA) is 345 Å². The van der Waals surface area contributed by atoms with Gasteiger partial charge in [0.1, 0.15) is 18.3 Å². The van der Waals surface area contributed by atoms with Crippen LogP contribution in [0.2, 0.25) is 0 Å². The molecule has 0 aliphatic heterocycles. The number of imide groups is 2. The third-order valence-corrected chi connectivity index (χ3v) is 8.08. The molecule has 1 aromatic rings. The Kier molecular flexibility index (Phi) is 23.0. The maximum Gasteiger partial charge on any atom is 0.326 e. The monoisotopic (exact) mass is 738 g/mol. The fourth-order valence-electron chi connectivity index (χ4n) is 5.22. The Morgan fingerprint density at radius 2 is 1.42 bits per heavy atom. The lowest BCUT2D eigenvalue weighted by atomic mass is 9.96. The van der Waals surface area contributed by atoms with E-state index >= 15 is 0 Å². The Morgan fingerprint density at radius 1 is 0.769 bits per heavy atom. The van der Waals surface area contributed by atoms with Gasteiger partial charge in [0.15, 0.2) is 0 Å². The second-order valence-corrected chi connectivity index (χ2v) is 12.3. The summed E-state index contributed by atoms with van der Waals surface area (Å²) in [7, 11) is 0. The van der Waals surface area contributed by atoms with Gasteiger partial charge in [-0.2, -0.15) is 0 Å². The van der Waals surface area contributed by atoms with Crippen LogP contribution in [-0.2, 0) is 28.8 Å². The first-order valence-electron chi connectivity index (χ1n) is 17.4. The normalized spacial score (nSPS) is 14.7. The van der Waals surface area contributed by atoms with Crippen molar-refractivity contribution in [2.24, 2.45) is 28.7 Å². The van der Waals surface area contributed by atoms with Gasteiger partial charge in [0, 0.05) is 19.1 Å². The molecule has 6 atom stereocenters. The molecular formula is C33H58N10O9. The maximum absolute atomic E-state index is 13.6. The zero-order valence-corrected chi connectivity index (χ0v) is 29.6. The van der Waals surface area contributed by atoms with Crippen molar-refractivity contribution < 1.29 is 44.1 Å². The van der Waals surface area contributed by atoms with E-state index in [9.17, 15) is 44.1 Å². The summed E-state index contributed by atoms with van der Waals surface area (Å²) in [6, 6.07) is 4.06. The van der Waals surface area contributed by atoms with Gasteiger partial charge in [0.25, 0.3) is 0 Å². The first-order chi connectivity index (χ1) is 24.8. The molecule has 0 spiro atoms. The summed E-state index contributed by atoms with van der Waals surface area (Å²) in [5.41, 5.74) is 29.0. The molecular weight excluding hydrogens is 680 g/mol. The van der Waals surface area contributed by atoms with Crippen molar-refractivity contribution in [2.45, 2.75) is 87.7 Å². The van der Waals surface area contributed by atoms with E-state index in [0.29, 0.717) is 23.6 Å². The molecule has 1 aromatic carbocycles. The van der Waals surface area contributed by atoms with Crippen molar-refractivity contribution in [3.05, 3.63) is 35.9 Å². The van der Waals surface area contributed by atoms with E-state index < -0.39 is 91.3 Å². The van der Waals surface area contributed by atoms with E-state index in [1.807, 2.05) is 0 Å². The third-order valence-electron chi connectivity index (χ3n) is 8.08. The molecule has 19 heteroatoms. The number of nitrogens with one attached hydrogen (secondary N) is 4. The van der Waals surface area contributed by atoms with Gasteiger partial charge in [0.05, 0.1) is 31.4 Å². The summed E-state index contributed by atoms with van der Waals surface area (Å²) >= 11 is 0. The highest BCUT2D eigenvalue weighted by Gasteiger charge is 2.39. The summed E-state index contributed by atoms with van der Waals surface area (Å²) in [5, 5.41) is 40.5. The number of carboxylic acids is 1. The number of nitrogens with two attached hydrogens (primary N) is 5. The Balaban J connectivity index is 2.71. The molecule has 1 rings (SSSR count). The molecule has 0 saturated heterocycles. The van der Waals surface area contributed by atoms with Crippen molar-refractivity contribution in [1.82, 2.24) is 26.2 Å². The molecule has 5 amide bonds. The highest BCUT2D eigenvalue weighted by atomic mass is 16.4. The number of carboxylic acid groups (broad SMARTS) is 1. The minimum absolute atomic E-state index is 0.0386. The van der Waals surface area contributed by atoms with E-state index in [4.69, 9.17) is 28.7 Å². The largest absolute Gasteiger partial charge is 0.480 e. The van der Waals surface area contributed by atoms with Gasteiger partial charge in [-0.05, 0) is 70.3 Å². The first kappa shape index (κ1) is 46.1. The smallest absolute Gasteiger partial charge is 0.326 e. The van der Waals surface area contributed by atoms with Crippen LogP contribution < -0.4 is 49.9 Å². The van der Waals surface area contributed by atoms with E-state index in [1.165, 1.54) is 0 Å². The number of rotatable bonds is 27. The number of unbranched alkanes of at least 4 members (excludes halogenated alkanes) is 1. The summed E-state index contributed by atoms with van der Waals surface area (Å²) in [6.45, 7) is 1.91. The molecule has 0 fully saturated rings. The lowest BCUT2D eigenvalue weighted by Gasteiger charge is -2.32. The summed E-state index contributed by atoms with van der Waals surface area (Å²) in [4.78, 5) is 77.1. The van der Waals surface area contributed by atoms with Gasteiger partial charge >= 0.3 is 5.97 Å². The van der Waals surface area contributed by atoms with Crippen molar-refractivity contribution in [1.29, 1.82) is 0 Å². The summed E-state index contributed by atoms with van der Waals surface area (Å²) in [6.07, 6.45) is -1.58. The molecule has 0 aromatic heterocycles. The van der Waals surface area contributed by atoms with Gasteiger partial charge in [0.2, 0.25) is 29.5 Å². The lowest BCUT2D eigenvalue weighted by Crippen LogP contribution is -2.59. The average Bonchev–Trinajstić information content (AvgIpc) is 3.09. The number of aliphatic hydroxyl groups is 2. The quantitative estimate of drug-likeness (QED) is 0.0301. The minimum atomic E-state index is -1.67. The lowest BCUT2D eigenvalue weighted by molar-refractivity contribution is -0.154. The van der Waals surface area contributed by atoms with Gasteiger partial charge in [-0.3, -0.25) is 34.2 Å². The zero-order chi connectivity index (χ0) is 39.1. The average molecular weight is 739 g/mol. The molecule has 6 unspecified atom stereocenters. The molecule has 19 nitrogen and oxygen atoms in total. The van der Waals surface area contributed by atoms with E-state index in [2.05, 4.69) is 21.3 Å². The van der Waals surface area contributed by atoms with E-state index in [0.717, 1.165) is 32.4 Å². The van der Waals surface area contributed by atoms with Crippen LogP contribution in [0.4, 0.5) is 0 Å². The number of amides is 5. The van der Waals surface area contributed by atoms with E-state index in [-0.39, 0.29) is 32.4 Å². The SMILES string of the molecule is NCCCCNCCCNCC(=O)NC(=O)CC(O)C(N)CCCC(NC(=O)C(CN)N(C(=O)CC(N)O)C(=O)C(CN)c1ccccc1)C(=O)O. The van der Waals surface area contributed by atoms with Crippen LogP contribution in [0.15, 0.2) is 30.3 Å². The highest BCUT2D eigenvalue weighted by molar-refractivity contribution is 6.03. The second-order valence-electron chi connectivity index (χ2n) is 12.3. The standard InChI is InChI=1S/C33H58N10O9/c34-12-4-5-13-39-14-7-15-40-20-29(47)42-28(46)16-26(44)23(37)10-6-11-24(33(51)52)41-31(49)25(19-36)43(30(48)17-27(38)45)32(50)22(18-35)21-8-2-1-3-9-21/h1-3,8-9,22-27,39-40,44-45H,4-7,10-20,34-38H2,(H,41,49)(H,51,52)(H,42,46,47). The molecule has 52 heavy (non-hydrogen) atoms. The van der Waals surface area contributed by atoms with Crippen LogP contribution >= 0.6 is 0 Å². The Hall–Kier alpha value is -3.92. The van der Waals surface area contributed by atoms with Gasteiger partial charge in [-0.25, -0.2) is 4.79 Å². The number of carbonyl (C=O) groups is 6. The zero-order valence-electron chi connectivity index (χ0n) is 29.6. The van der Waals surface area contributed by atoms with Crippen molar-refractivity contribution in [3.8, 4) is 0 Å². The third kappa shape index (κ3) is 17.5. The number of benzene rings is 1. The van der Waals surface area contributed by atoms with Crippen LogP contribution in [0.25, 0.3) is 0 Å². The van der Waals surface area contributed by atoms with Crippen LogP contribution in [-0.4, -0.2) is 132 Å². The molecule has 17 N–H and O–H groups in total. The first-order valence-corrected chi connectivity index (χ1v) is 17.4. The molecule has 0 heterocycles. The fraction of sp³-hybridized carbons (Fsp3) is 0.636. The fourth-order valence-corrected chi connectivity index (χ4v) is 5.22. The maximum atomic E-state index is 13.6. The van der Waals surface area contributed by atoms with Crippen molar-refractivity contribution in [2.75, 3.05) is 45.8 Å². The van der Waals surface area contributed by atoms with Crippen LogP contribution in [0.3, 0.4) is 0 Å². The van der Waals surface area contributed by atoms with Gasteiger partial charge in [-0.15, -0.1) is 0 Å². The van der Waals surface area contributed by atoms with Crippen LogP contribution in [0.1, 0.15) is 62.8 Å².